The minimum atomic E-state index is -4.56. The molecule has 9 heteroatoms. The number of carbonyl (C=O) groups is 1. The second kappa shape index (κ2) is 10.8. The first-order valence-corrected chi connectivity index (χ1v) is 10.7. The van der Waals surface area contributed by atoms with E-state index in [1.165, 1.54) is 7.11 Å². The fraction of sp³-hybridized carbons (Fsp3) is 0.240. The Morgan fingerprint density at radius 1 is 1.00 bits per heavy atom. The quantitative estimate of drug-likeness (QED) is 0.407. The Labute approximate surface area is 201 Å². The third-order valence-electron chi connectivity index (χ3n) is 5.24. The van der Waals surface area contributed by atoms with Crippen LogP contribution < -0.4 is 14.8 Å². The molecule has 0 aliphatic heterocycles. The molecule has 0 fully saturated rings. The van der Waals surface area contributed by atoms with Gasteiger partial charge in [-0.1, -0.05) is 48.0 Å². The van der Waals surface area contributed by atoms with Crippen LogP contribution in [0.2, 0.25) is 5.02 Å². The smallest absolute Gasteiger partial charge is 0.416 e. The number of nitrogens with zero attached hydrogens (tertiary/aromatic N) is 1. The number of alkyl halides is 3. The van der Waals surface area contributed by atoms with Gasteiger partial charge in [0.15, 0.2) is 11.5 Å². The Balaban J connectivity index is 1.91. The van der Waals surface area contributed by atoms with Gasteiger partial charge in [0, 0.05) is 6.54 Å². The molecule has 0 aliphatic rings. The Kier molecular flexibility index (Phi) is 8.06. The highest BCUT2D eigenvalue weighted by atomic mass is 35.5. The molecule has 0 heterocycles. The van der Waals surface area contributed by atoms with Gasteiger partial charge in [-0.3, -0.25) is 9.69 Å². The van der Waals surface area contributed by atoms with Gasteiger partial charge < -0.3 is 14.8 Å². The molecule has 1 N–H and O–H groups in total. The number of hydrogen-bond acceptors (Lipinski definition) is 4. The second-order valence-corrected chi connectivity index (χ2v) is 8.01. The largest absolute Gasteiger partial charge is 0.493 e. The molecule has 0 unspecified atom stereocenters. The normalized spacial score (nSPS) is 12.4. The number of benzene rings is 3. The number of halogens is 4. The van der Waals surface area contributed by atoms with Crippen LogP contribution in [0.15, 0.2) is 66.7 Å². The number of hydrogen-bond donors (Lipinski definition) is 1. The Morgan fingerprint density at radius 3 is 2.29 bits per heavy atom. The molecule has 0 spiro atoms. The standard InChI is InChI=1S/C25H24ClF3N2O3/c1-31(15-16-9-12-21(33-2)22(13-16)34-3)23(17-7-5-4-6-8-17)24(32)30-20-14-18(25(27,28)29)10-11-19(20)26/h4-14,23H,15H2,1-3H3,(H,30,32)/t23-/m1/s1. The minimum Gasteiger partial charge on any atom is -0.493 e. The van der Waals surface area contributed by atoms with Gasteiger partial charge in [-0.25, -0.2) is 0 Å². The summed E-state index contributed by atoms with van der Waals surface area (Å²) in [5.41, 5.74) is 0.515. The van der Waals surface area contributed by atoms with Crippen LogP contribution in [0.1, 0.15) is 22.7 Å². The molecule has 0 aliphatic carbocycles. The maximum Gasteiger partial charge on any atom is 0.416 e. The SMILES string of the molecule is COc1ccc(CN(C)[C@@H](C(=O)Nc2cc(C(F)(F)F)ccc2Cl)c2ccccc2)cc1OC. The number of ether oxygens (including phenoxy) is 2. The summed E-state index contributed by atoms with van der Waals surface area (Å²) in [7, 11) is 4.82. The van der Waals surface area contributed by atoms with Crippen LogP contribution in [0.4, 0.5) is 18.9 Å². The van der Waals surface area contributed by atoms with Gasteiger partial charge in [0.2, 0.25) is 5.91 Å². The van der Waals surface area contributed by atoms with Crippen LogP contribution in [-0.2, 0) is 17.5 Å². The number of nitrogens with one attached hydrogen (secondary N) is 1. The Bertz CT molecular complexity index is 1140. The van der Waals surface area contributed by atoms with Crippen molar-refractivity contribution < 1.29 is 27.4 Å². The molecule has 0 bridgehead atoms. The topological polar surface area (TPSA) is 50.8 Å². The first kappa shape index (κ1) is 25.4. The lowest BCUT2D eigenvalue weighted by Gasteiger charge is -2.28. The van der Waals surface area contributed by atoms with E-state index in [0.29, 0.717) is 23.6 Å². The lowest BCUT2D eigenvalue weighted by Crippen LogP contribution is -2.34. The highest BCUT2D eigenvalue weighted by molar-refractivity contribution is 6.33. The van der Waals surface area contributed by atoms with Gasteiger partial charge in [0.05, 0.1) is 30.5 Å². The molecule has 3 rings (SSSR count). The van der Waals surface area contributed by atoms with E-state index >= 15 is 0 Å². The van der Waals surface area contributed by atoms with E-state index in [1.807, 2.05) is 12.1 Å². The minimum absolute atomic E-state index is 0.00991. The van der Waals surface area contributed by atoms with Crippen molar-refractivity contribution in [3.05, 3.63) is 88.4 Å². The predicted octanol–water partition coefficient (Wildman–Crippen LogP) is 6.19. The number of likely N-dealkylation sites (N-methyl/N-ethyl adjacent to an activating group) is 1. The van der Waals surface area contributed by atoms with Crippen molar-refractivity contribution in [3.63, 3.8) is 0 Å². The third-order valence-corrected chi connectivity index (χ3v) is 5.57. The van der Waals surface area contributed by atoms with Crippen molar-refractivity contribution in [3.8, 4) is 11.5 Å². The molecule has 1 atom stereocenters. The van der Waals surface area contributed by atoms with Crippen molar-refractivity contribution in [2.45, 2.75) is 18.8 Å². The summed E-state index contributed by atoms with van der Waals surface area (Å²) in [5.74, 6) is 0.603. The summed E-state index contributed by atoms with van der Waals surface area (Å²) in [6.45, 7) is 0.351. The number of methoxy groups -OCH3 is 2. The maximum absolute atomic E-state index is 13.3. The number of carbonyl (C=O) groups excluding carboxylic acids is 1. The second-order valence-electron chi connectivity index (χ2n) is 7.60. The van der Waals surface area contributed by atoms with E-state index in [-0.39, 0.29) is 10.7 Å². The van der Waals surface area contributed by atoms with Gasteiger partial charge in [0.25, 0.3) is 0 Å². The summed E-state index contributed by atoms with van der Waals surface area (Å²) in [4.78, 5) is 15.1. The number of anilines is 1. The molecular weight excluding hydrogens is 469 g/mol. The van der Waals surface area contributed by atoms with E-state index in [9.17, 15) is 18.0 Å². The molecule has 1 amide bonds. The van der Waals surface area contributed by atoms with Crippen molar-refractivity contribution >= 4 is 23.2 Å². The molecule has 0 radical (unpaired) electrons. The fourth-order valence-electron chi connectivity index (χ4n) is 3.60. The van der Waals surface area contributed by atoms with E-state index < -0.39 is 23.7 Å². The lowest BCUT2D eigenvalue weighted by molar-refractivity contribution is -0.137. The monoisotopic (exact) mass is 492 g/mol. The molecule has 0 saturated carbocycles. The molecule has 0 saturated heterocycles. The molecular formula is C25H24ClF3N2O3. The van der Waals surface area contributed by atoms with Crippen molar-refractivity contribution in [1.29, 1.82) is 0 Å². The summed E-state index contributed by atoms with van der Waals surface area (Å²) >= 11 is 6.09. The molecule has 0 aromatic heterocycles. The maximum atomic E-state index is 13.3. The molecule has 5 nitrogen and oxygen atoms in total. The Hall–Kier alpha value is -3.23. The molecule has 3 aromatic rings. The lowest BCUT2D eigenvalue weighted by atomic mass is 10.0. The number of amides is 1. The van der Waals surface area contributed by atoms with Gasteiger partial charge in [-0.2, -0.15) is 13.2 Å². The predicted molar refractivity (Wildman–Crippen MR) is 125 cm³/mol. The van der Waals surface area contributed by atoms with Crippen LogP contribution >= 0.6 is 11.6 Å². The average Bonchev–Trinajstić information content (AvgIpc) is 2.80. The number of rotatable bonds is 8. The van der Waals surface area contributed by atoms with Crippen LogP contribution in [0.3, 0.4) is 0 Å². The molecule has 180 valence electrons. The molecule has 3 aromatic carbocycles. The first-order chi connectivity index (χ1) is 16.1. The highest BCUT2D eigenvalue weighted by Gasteiger charge is 2.32. The molecule has 34 heavy (non-hydrogen) atoms. The summed E-state index contributed by atoms with van der Waals surface area (Å²) in [5, 5.41) is 2.58. The van der Waals surface area contributed by atoms with Gasteiger partial charge >= 0.3 is 6.18 Å². The van der Waals surface area contributed by atoms with E-state index in [2.05, 4.69) is 5.32 Å². The van der Waals surface area contributed by atoms with Crippen LogP contribution in [-0.4, -0.2) is 32.1 Å². The zero-order valence-electron chi connectivity index (χ0n) is 18.8. The van der Waals surface area contributed by atoms with Gasteiger partial charge in [-0.15, -0.1) is 0 Å². The van der Waals surface area contributed by atoms with E-state index in [0.717, 1.165) is 23.8 Å². The van der Waals surface area contributed by atoms with Crippen molar-refractivity contribution in [2.24, 2.45) is 0 Å². The first-order valence-electron chi connectivity index (χ1n) is 10.3. The van der Waals surface area contributed by atoms with E-state index in [1.54, 1.807) is 55.5 Å². The summed E-state index contributed by atoms with van der Waals surface area (Å²) < 4.78 is 50.1. The zero-order chi connectivity index (χ0) is 24.9. The van der Waals surface area contributed by atoms with Gasteiger partial charge in [-0.05, 0) is 48.5 Å². The summed E-state index contributed by atoms with van der Waals surface area (Å²) in [6, 6.07) is 16.4. The third kappa shape index (κ3) is 6.01. The zero-order valence-corrected chi connectivity index (χ0v) is 19.6. The average molecular weight is 493 g/mol. The van der Waals surface area contributed by atoms with Crippen LogP contribution in [0.5, 0.6) is 11.5 Å². The van der Waals surface area contributed by atoms with E-state index in [4.69, 9.17) is 21.1 Å². The van der Waals surface area contributed by atoms with Crippen molar-refractivity contribution in [1.82, 2.24) is 4.90 Å². The fourth-order valence-corrected chi connectivity index (χ4v) is 3.76. The van der Waals surface area contributed by atoms with Gasteiger partial charge in [0.1, 0.15) is 6.04 Å². The highest BCUT2D eigenvalue weighted by Crippen LogP contribution is 2.35. The Morgan fingerprint density at radius 2 is 1.68 bits per heavy atom. The van der Waals surface area contributed by atoms with Crippen LogP contribution in [0, 0.1) is 0 Å². The summed E-state index contributed by atoms with van der Waals surface area (Å²) in [6.07, 6.45) is -4.56. The van der Waals surface area contributed by atoms with Crippen LogP contribution in [0.25, 0.3) is 0 Å². The van der Waals surface area contributed by atoms with Crippen molar-refractivity contribution in [2.75, 3.05) is 26.6 Å².